The molecule has 1 atom stereocenters. The van der Waals surface area contributed by atoms with Gasteiger partial charge in [0.2, 0.25) is 0 Å². The summed E-state index contributed by atoms with van der Waals surface area (Å²) in [5, 5.41) is 3.22. The van der Waals surface area contributed by atoms with Crippen molar-refractivity contribution in [2.45, 2.75) is 6.04 Å². The Hall–Kier alpha value is -1.75. The van der Waals surface area contributed by atoms with Crippen molar-refractivity contribution in [3.05, 3.63) is 29.3 Å². The van der Waals surface area contributed by atoms with Crippen LogP contribution in [0.2, 0.25) is 5.02 Å². The van der Waals surface area contributed by atoms with Crippen molar-refractivity contribution in [1.29, 1.82) is 0 Å². The molecule has 0 radical (unpaired) electrons. The molecule has 1 fully saturated rings. The van der Waals surface area contributed by atoms with Crippen molar-refractivity contribution in [2.24, 2.45) is 0 Å². The number of amides is 2. The van der Waals surface area contributed by atoms with E-state index in [1.54, 1.807) is 24.3 Å². The minimum atomic E-state index is -0.596. The molecule has 90 valence electrons. The predicted octanol–water partition coefficient (Wildman–Crippen LogP) is 1.73. The van der Waals surface area contributed by atoms with E-state index in [4.69, 9.17) is 16.3 Å². The highest BCUT2D eigenvalue weighted by Crippen LogP contribution is 2.17. The molecule has 0 aromatic heterocycles. The van der Waals surface area contributed by atoms with Crippen LogP contribution in [0.1, 0.15) is 0 Å². The number of carbonyl (C=O) groups excluding carboxylic acids is 2. The second-order valence-corrected chi connectivity index (χ2v) is 4.14. The van der Waals surface area contributed by atoms with Gasteiger partial charge < -0.3 is 10.1 Å². The average Bonchev–Trinajstić information content (AvgIpc) is 2.60. The number of hydrogen-bond donors (Lipinski definition) is 1. The minimum Gasteiger partial charge on any atom is -0.447 e. The summed E-state index contributed by atoms with van der Waals surface area (Å²) >= 11 is 5.80. The van der Waals surface area contributed by atoms with Crippen LogP contribution in [-0.4, -0.2) is 36.6 Å². The van der Waals surface area contributed by atoms with E-state index < -0.39 is 12.1 Å². The van der Waals surface area contributed by atoms with Gasteiger partial charge in [0.15, 0.2) is 0 Å². The number of rotatable bonds is 2. The van der Waals surface area contributed by atoms with Crippen molar-refractivity contribution in [2.75, 3.05) is 19.0 Å². The van der Waals surface area contributed by atoms with Crippen LogP contribution < -0.4 is 5.32 Å². The lowest BCUT2D eigenvalue weighted by Gasteiger charge is -2.15. The van der Waals surface area contributed by atoms with Crippen molar-refractivity contribution in [3.63, 3.8) is 0 Å². The Morgan fingerprint density at radius 1 is 1.59 bits per heavy atom. The molecule has 6 heteroatoms. The summed E-state index contributed by atoms with van der Waals surface area (Å²) in [5.74, 6) is -0.291. The number of anilines is 1. The Kier molecular flexibility index (Phi) is 3.19. The van der Waals surface area contributed by atoms with Gasteiger partial charge in [-0.05, 0) is 18.2 Å². The molecule has 1 aromatic carbocycles. The standard InChI is InChI=1S/C11H11ClN2O3/c1-14-9(6-17-11(14)16)10(15)13-8-4-2-3-7(12)5-8/h2-5,9H,6H2,1H3,(H,13,15). The number of nitrogens with one attached hydrogen (secondary N) is 1. The fourth-order valence-electron chi connectivity index (χ4n) is 1.53. The predicted molar refractivity (Wildman–Crippen MR) is 63.0 cm³/mol. The summed E-state index contributed by atoms with van der Waals surface area (Å²) in [6.07, 6.45) is -0.490. The molecule has 2 amide bonds. The van der Waals surface area contributed by atoms with Gasteiger partial charge in [-0.2, -0.15) is 0 Å². The number of carbonyl (C=O) groups is 2. The third kappa shape index (κ3) is 2.50. The van der Waals surface area contributed by atoms with Crippen LogP contribution in [0, 0.1) is 0 Å². The van der Waals surface area contributed by atoms with Gasteiger partial charge in [-0.25, -0.2) is 4.79 Å². The van der Waals surface area contributed by atoms with Crippen LogP contribution in [0.3, 0.4) is 0 Å². The van der Waals surface area contributed by atoms with Crippen molar-refractivity contribution < 1.29 is 14.3 Å². The lowest BCUT2D eigenvalue weighted by molar-refractivity contribution is -0.119. The van der Waals surface area contributed by atoms with Crippen molar-refractivity contribution in [1.82, 2.24) is 4.90 Å². The van der Waals surface area contributed by atoms with E-state index in [2.05, 4.69) is 5.32 Å². The molecule has 2 rings (SSSR count). The molecular weight excluding hydrogens is 244 g/mol. The molecular formula is C11H11ClN2O3. The number of benzene rings is 1. The van der Waals surface area contributed by atoms with Gasteiger partial charge in [0, 0.05) is 17.8 Å². The molecule has 1 saturated heterocycles. The minimum absolute atomic E-state index is 0.0712. The Labute approximate surface area is 103 Å². The summed E-state index contributed by atoms with van der Waals surface area (Å²) in [7, 11) is 1.53. The van der Waals surface area contributed by atoms with Crippen LogP contribution in [0.4, 0.5) is 10.5 Å². The van der Waals surface area contributed by atoms with E-state index in [-0.39, 0.29) is 12.5 Å². The smallest absolute Gasteiger partial charge is 0.410 e. The summed E-state index contributed by atoms with van der Waals surface area (Å²) in [6, 6.07) is 6.21. The fourth-order valence-corrected chi connectivity index (χ4v) is 1.72. The van der Waals surface area contributed by atoms with Crippen molar-refractivity contribution in [3.8, 4) is 0 Å². The van der Waals surface area contributed by atoms with Crippen LogP contribution in [0.25, 0.3) is 0 Å². The van der Waals surface area contributed by atoms with Gasteiger partial charge in [0.25, 0.3) is 5.91 Å². The highest BCUT2D eigenvalue weighted by molar-refractivity contribution is 6.30. The zero-order chi connectivity index (χ0) is 12.4. The first-order chi connectivity index (χ1) is 8.08. The lowest BCUT2D eigenvalue weighted by Crippen LogP contribution is -2.40. The largest absolute Gasteiger partial charge is 0.447 e. The SMILES string of the molecule is CN1C(=O)OCC1C(=O)Nc1cccc(Cl)c1. The molecule has 1 aromatic rings. The topological polar surface area (TPSA) is 58.6 Å². The summed E-state index contributed by atoms with van der Waals surface area (Å²) in [5.41, 5.74) is 0.593. The van der Waals surface area contributed by atoms with E-state index in [1.165, 1.54) is 11.9 Å². The highest BCUT2D eigenvalue weighted by atomic mass is 35.5. The number of likely N-dealkylation sites (N-methyl/N-ethyl adjacent to an activating group) is 1. The monoisotopic (exact) mass is 254 g/mol. The Balaban J connectivity index is 2.05. The van der Waals surface area contributed by atoms with Crippen LogP contribution in [-0.2, 0) is 9.53 Å². The summed E-state index contributed by atoms with van der Waals surface area (Å²) in [4.78, 5) is 24.2. The normalized spacial score (nSPS) is 19.1. The zero-order valence-electron chi connectivity index (χ0n) is 9.14. The first-order valence-electron chi connectivity index (χ1n) is 5.04. The second-order valence-electron chi connectivity index (χ2n) is 3.70. The van der Waals surface area contributed by atoms with E-state index in [1.807, 2.05) is 0 Å². The number of ether oxygens (including phenoxy) is 1. The third-order valence-corrected chi connectivity index (χ3v) is 2.75. The molecule has 0 bridgehead atoms. The molecule has 0 spiro atoms. The van der Waals surface area contributed by atoms with Gasteiger partial charge in [0.1, 0.15) is 12.6 Å². The van der Waals surface area contributed by atoms with Gasteiger partial charge >= 0.3 is 6.09 Å². The van der Waals surface area contributed by atoms with Gasteiger partial charge in [-0.3, -0.25) is 9.69 Å². The lowest BCUT2D eigenvalue weighted by atomic mass is 10.2. The Morgan fingerprint density at radius 2 is 2.35 bits per heavy atom. The zero-order valence-corrected chi connectivity index (χ0v) is 9.90. The quantitative estimate of drug-likeness (QED) is 0.874. The fraction of sp³-hybridized carbons (Fsp3) is 0.273. The van der Waals surface area contributed by atoms with E-state index in [0.29, 0.717) is 10.7 Å². The van der Waals surface area contributed by atoms with Gasteiger partial charge in [-0.15, -0.1) is 0 Å². The number of nitrogens with zero attached hydrogens (tertiary/aromatic N) is 1. The van der Waals surface area contributed by atoms with E-state index in [9.17, 15) is 9.59 Å². The molecule has 17 heavy (non-hydrogen) atoms. The van der Waals surface area contributed by atoms with Gasteiger partial charge in [0.05, 0.1) is 0 Å². The number of cyclic esters (lactones) is 1. The average molecular weight is 255 g/mol. The van der Waals surface area contributed by atoms with E-state index in [0.717, 1.165) is 0 Å². The molecule has 0 saturated carbocycles. The first kappa shape index (κ1) is 11.7. The van der Waals surface area contributed by atoms with Crippen LogP contribution in [0.5, 0.6) is 0 Å². The number of hydrogen-bond acceptors (Lipinski definition) is 3. The van der Waals surface area contributed by atoms with Gasteiger partial charge in [-0.1, -0.05) is 17.7 Å². The van der Waals surface area contributed by atoms with Crippen molar-refractivity contribution >= 4 is 29.3 Å². The Bertz CT molecular complexity index is 464. The number of halogens is 1. The van der Waals surface area contributed by atoms with Crippen LogP contribution >= 0.6 is 11.6 Å². The maximum Gasteiger partial charge on any atom is 0.410 e. The molecule has 1 unspecified atom stereocenters. The van der Waals surface area contributed by atoms with Crippen LogP contribution in [0.15, 0.2) is 24.3 Å². The molecule has 1 heterocycles. The molecule has 1 aliphatic heterocycles. The first-order valence-corrected chi connectivity index (χ1v) is 5.42. The third-order valence-electron chi connectivity index (χ3n) is 2.51. The highest BCUT2D eigenvalue weighted by Gasteiger charge is 2.35. The molecule has 5 nitrogen and oxygen atoms in total. The summed E-state index contributed by atoms with van der Waals surface area (Å²) in [6.45, 7) is 0.0712. The molecule has 1 N–H and O–H groups in total. The molecule has 1 aliphatic rings. The summed E-state index contributed by atoms with van der Waals surface area (Å²) < 4.78 is 4.76. The Morgan fingerprint density at radius 3 is 2.94 bits per heavy atom. The van der Waals surface area contributed by atoms with E-state index >= 15 is 0 Å². The second kappa shape index (κ2) is 4.63. The molecule has 0 aliphatic carbocycles. The maximum absolute atomic E-state index is 11.9. The maximum atomic E-state index is 11.9.